The Morgan fingerprint density at radius 1 is 0.476 bits per heavy atom. The van der Waals surface area contributed by atoms with Crippen LogP contribution in [0.3, 0.4) is 0 Å². The highest BCUT2D eigenvalue weighted by Gasteiger charge is 2.24. The minimum absolute atomic E-state index is 0.0650. The van der Waals surface area contributed by atoms with Crippen LogP contribution in [0.15, 0.2) is 0 Å². The van der Waals surface area contributed by atoms with Crippen molar-refractivity contribution < 1.29 is 9.53 Å². The Balaban J connectivity index is 4.93. The maximum Gasteiger partial charge on any atom is 0.306 e. The number of hydrogen-bond donors (Lipinski definition) is 0. The van der Waals surface area contributed by atoms with Crippen LogP contribution in [-0.2, 0) is 9.53 Å². The molecule has 0 aromatic carbocycles. The average Bonchev–Trinajstić information content (AvgIpc) is 2.97. The molecular formula is C39H79NO2. The van der Waals surface area contributed by atoms with Gasteiger partial charge in [0.05, 0.1) is 0 Å². The Morgan fingerprint density at radius 2 is 0.833 bits per heavy atom. The van der Waals surface area contributed by atoms with E-state index in [2.05, 4.69) is 39.8 Å². The van der Waals surface area contributed by atoms with Crippen LogP contribution in [-0.4, -0.2) is 37.6 Å². The van der Waals surface area contributed by atoms with Crippen LogP contribution in [0.5, 0.6) is 0 Å². The molecule has 0 aliphatic heterocycles. The summed E-state index contributed by atoms with van der Waals surface area (Å²) >= 11 is 0. The second kappa shape index (κ2) is 33.3. The quantitative estimate of drug-likeness (QED) is 0.0549. The molecule has 0 heterocycles. The van der Waals surface area contributed by atoms with Crippen molar-refractivity contribution in [3.63, 3.8) is 0 Å². The van der Waals surface area contributed by atoms with Gasteiger partial charge in [-0.15, -0.1) is 0 Å². The summed E-state index contributed by atoms with van der Waals surface area (Å²) in [5.41, 5.74) is 0. The lowest BCUT2D eigenvalue weighted by Crippen LogP contribution is -2.27. The minimum Gasteiger partial charge on any atom is -0.462 e. The molecule has 252 valence electrons. The number of ether oxygens (including phenoxy) is 1. The van der Waals surface area contributed by atoms with Crippen LogP contribution >= 0.6 is 0 Å². The number of carbonyl (C=O) groups excluding carboxylic acids is 1. The predicted octanol–water partition coefficient (Wildman–Crippen LogP) is 12.8. The van der Waals surface area contributed by atoms with Crippen LogP contribution in [0, 0.1) is 5.92 Å². The molecule has 0 spiro atoms. The molecule has 1 atom stereocenters. The maximum atomic E-state index is 13.0. The van der Waals surface area contributed by atoms with Gasteiger partial charge in [-0.2, -0.15) is 0 Å². The lowest BCUT2D eigenvalue weighted by atomic mass is 9.87. The third kappa shape index (κ3) is 29.5. The van der Waals surface area contributed by atoms with Gasteiger partial charge < -0.3 is 9.64 Å². The highest BCUT2D eigenvalue weighted by atomic mass is 16.5. The van der Waals surface area contributed by atoms with Crippen LogP contribution in [0.2, 0.25) is 0 Å². The Kier molecular flexibility index (Phi) is 32.9. The van der Waals surface area contributed by atoms with E-state index in [1.807, 2.05) is 0 Å². The van der Waals surface area contributed by atoms with Crippen molar-refractivity contribution in [1.82, 2.24) is 4.90 Å². The zero-order valence-electron chi connectivity index (χ0n) is 29.8. The van der Waals surface area contributed by atoms with Crippen molar-refractivity contribution in [2.24, 2.45) is 5.92 Å². The fourth-order valence-corrected chi connectivity index (χ4v) is 6.39. The zero-order chi connectivity index (χ0) is 30.9. The monoisotopic (exact) mass is 594 g/mol. The lowest BCUT2D eigenvalue weighted by molar-refractivity contribution is -0.153. The zero-order valence-corrected chi connectivity index (χ0v) is 29.8. The van der Waals surface area contributed by atoms with Crippen molar-refractivity contribution in [3.05, 3.63) is 0 Å². The Hall–Kier alpha value is -0.570. The van der Waals surface area contributed by atoms with Crippen molar-refractivity contribution in [2.75, 3.05) is 20.6 Å². The Labute approximate surface area is 266 Å². The topological polar surface area (TPSA) is 29.5 Å². The molecule has 0 saturated heterocycles. The van der Waals surface area contributed by atoms with Gasteiger partial charge in [0.2, 0.25) is 0 Å². The largest absolute Gasteiger partial charge is 0.462 e. The van der Waals surface area contributed by atoms with Crippen molar-refractivity contribution in [2.45, 2.75) is 219 Å². The summed E-state index contributed by atoms with van der Waals surface area (Å²) in [6.07, 6.45) is 39.0. The molecule has 0 aliphatic carbocycles. The summed E-state index contributed by atoms with van der Waals surface area (Å²) in [4.78, 5) is 15.2. The van der Waals surface area contributed by atoms with E-state index in [0.717, 1.165) is 25.8 Å². The lowest BCUT2D eigenvalue weighted by Gasteiger charge is -2.28. The van der Waals surface area contributed by atoms with E-state index in [0.29, 0.717) is 12.3 Å². The average molecular weight is 594 g/mol. The molecule has 0 aromatic rings. The van der Waals surface area contributed by atoms with E-state index in [-0.39, 0.29) is 12.1 Å². The molecule has 1 unspecified atom stereocenters. The SMILES string of the molecule is CCCCCCCCCCC(CCCCCCCCCC)C(CCCCCCCCCC)OC(=O)CCCCN(C)C. The molecule has 0 bridgehead atoms. The number of unbranched alkanes of at least 4 members (excludes halogenated alkanes) is 22. The van der Waals surface area contributed by atoms with Gasteiger partial charge >= 0.3 is 5.97 Å². The molecule has 0 saturated carbocycles. The second-order valence-corrected chi connectivity index (χ2v) is 13.8. The summed E-state index contributed by atoms with van der Waals surface area (Å²) < 4.78 is 6.37. The summed E-state index contributed by atoms with van der Waals surface area (Å²) in [5.74, 6) is 0.621. The smallest absolute Gasteiger partial charge is 0.306 e. The Morgan fingerprint density at radius 3 is 1.21 bits per heavy atom. The number of esters is 1. The standard InChI is InChI=1S/C39H79NO2/c1-6-9-12-15-18-21-24-27-32-37(33-28-25-22-19-16-13-10-7-2)38(34-29-26-23-20-17-14-11-8-3)42-39(41)35-30-31-36-40(4)5/h37-38H,6-36H2,1-5H3. The van der Waals surface area contributed by atoms with Gasteiger partial charge in [0, 0.05) is 6.42 Å². The van der Waals surface area contributed by atoms with E-state index >= 15 is 0 Å². The first-order chi connectivity index (χ1) is 20.5. The van der Waals surface area contributed by atoms with Crippen molar-refractivity contribution >= 4 is 5.97 Å². The van der Waals surface area contributed by atoms with Gasteiger partial charge in [-0.25, -0.2) is 0 Å². The van der Waals surface area contributed by atoms with E-state index in [1.165, 1.54) is 167 Å². The molecule has 0 rings (SSSR count). The van der Waals surface area contributed by atoms with Gasteiger partial charge in [0.1, 0.15) is 6.10 Å². The predicted molar refractivity (Wildman–Crippen MR) is 187 cm³/mol. The van der Waals surface area contributed by atoms with Crippen LogP contribution in [0.4, 0.5) is 0 Å². The van der Waals surface area contributed by atoms with Crippen molar-refractivity contribution in [1.29, 1.82) is 0 Å². The van der Waals surface area contributed by atoms with Crippen LogP contribution in [0.25, 0.3) is 0 Å². The molecule has 0 aliphatic rings. The molecule has 0 N–H and O–H groups in total. The fourth-order valence-electron chi connectivity index (χ4n) is 6.39. The molecule has 0 amide bonds. The van der Waals surface area contributed by atoms with E-state index in [9.17, 15) is 4.79 Å². The van der Waals surface area contributed by atoms with Crippen molar-refractivity contribution in [3.8, 4) is 0 Å². The second-order valence-electron chi connectivity index (χ2n) is 13.8. The number of carbonyl (C=O) groups is 1. The summed E-state index contributed by atoms with van der Waals surface area (Å²) in [6.45, 7) is 7.94. The number of hydrogen-bond acceptors (Lipinski definition) is 3. The Bertz CT molecular complexity index is 514. The van der Waals surface area contributed by atoms with Crippen LogP contribution in [0.1, 0.15) is 213 Å². The third-order valence-electron chi connectivity index (χ3n) is 9.24. The maximum absolute atomic E-state index is 13.0. The molecule has 0 aromatic heterocycles. The molecule has 0 fully saturated rings. The van der Waals surface area contributed by atoms with E-state index in [4.69, 9.17) is 4.74 Å². The van der Waals surface area contributed by atoms with Gasteiger partial charge in [-0.1, -0.05) is 168 Å². The molecule has 42 heavy (non-hydrogen) atoms. The van der Waals surface area contributed by atoms with Gasteiger partial charge in [0.25, 0.3) is 0 Å². The van der Waals surface area contributed by atoms with Crippen LogP contribution < -0.4 is 0 Å². The first-order valence-corrected chi connectivity index (χ1v) is 19.4. The summed E-state index contributed by atoms with van der Waals surface area (Å²) in [6, 6.07) is 0. The number of rotatable bonds is 34. The normalized spacial score (nSPS) is 12.5. The summed E-state index contributed by atoms with van der Waals surface area (Å²) in [7, 11) is 4.22. The molecule has 3 nitrogen and oxygen atoms in total. The molecule has 3 heteroatoms. The number of nitrogens with zero attached hydrogens (tertiary/aromatic N) is 1. The van der Waals surface area contributed by atoms with Gasteiger partial charge in [0.15, 0.2) is 0 Å². The van der Waals surface area contributed by atoms with Gasteiger partial charge in [-0.3, -0.25) is 4.79 Å². The highest BCUT2D eigenvalue weighted by molar-refractivity contribution is 5.69. The minimum atomic E-state index is 0.0650. The first kappa shape index (κ1) is 41.4. The molecule has 0 radical (unpaired) electrons. The van der Waals surface area contributed by atoms with E-state index < -0.39 is 0 Å². The fraction of sp³-hybridized carbons (Fsp3) is 0.974. The highest BCUT2D eigenvalue weighted by Crippen LogP contribution is 2.28. The summed E-state index contributed by atoms with van der Waals surface area (Å²) in [5, 5.41) is 0. The van der Waals surface area contributed by atoms with E-state index in [1.54, 1.807) is 0 Å². The van der Waals surface area contributed by atoms with Gasteiger partial charge in [-0.05, 0) is 65.1 Å². The third-order valence-corrected chi connectivity index (χ3v) is 9.24. The molecular weight excluding hydrogens is 514 g/mol. The first-order valence-electron chi connectivity index (χ1n) is 19.4.